The highest BCUT2D eigenvalue weighted by atomic mass is 32.2. The van der Waals surface area contributed by atoms with Crippen molar-refractivity contribution < 1.29 is 22.8 Å². The molecule has 4 amide bonds. The van der Waals surface area contributed by atoms with Gasteiger partial charge in [0.25, 0.3) is 5.91 Å². The zero-order valence-corrected chi connectivity index (χ0v) is 16.2. The fraction of sp³-hybridized carbons (Fsp3) is 0.211. The number of benzene rings is 2. The summed E-state index contributed by atoms with van der Waals surface area (Å²) in [6, 6.07) is 11.5. The highest BCUT2D eigenvalue weighted by molar-refractivity contribution is 7.91. The SMILES string of the molecule is NC(=O)c1ccc(NC(=O)c2cccc(NC(=O)NC3CCS(=O)(=O)C3)c2)cc1. The highest BCUT2D eigenvalue weighted by Gasteiger charge is 2.28. The maximum Gasteiger partial charge on any atom is 0.319 e. The van der Waals surface area contributed by atoms with Crippen LogP contribution in [0.2, 0.25) is 0 Å². The molecule has 5 N–H and O–H groups in total. The molecule has 0 bridgehead atoms. The molecule has 0 spiro atoms. The molecule has 10 heteroatoms. The van der Waals surface area contributed by atoms with Gasteiger partial charge >= 0.3 is 6.03 Å². The zero-order chi connectivity index (χ0) is 21.0. The van der Waals surface area contributed by atoms with Crippen molar-refractivity contribution in [2.24, 2.45) is 5.73 Å². The van der Waals surface area contributed by atoms with Crippen LogP contribution < -0.4 is 21.7 Å². The van der Waals surface area contributed by atoms with Crippen LogP contribution in [0.15, 0.2) is 48.5 Å². The van der Waals surface area contributed by atoms with Crippen LogP contribution in [0.5, 0.6) is 0 Å². The van der Waals surface area contributed by atoms with Gasteiger partial charge in [-0.05, 0) is 48.9 Å². The predicted octanol–water partition coefficient (Wildman–Crippen LogP) is 1.35. The molecule has 1 atom stereocenters. The first-order chi connectivity index (χ1) is 13.7. The first-order valence-electron chi connectivity index (χ1n) is 8.81. The Balaban J connectivity index is 1.60. The Hall–Kier alpha value is -3.40. The molecule has 1 saturated heterocycles. The molecule has 2 aromatic rings. The molecule has 0 radical (unpaired) electrons. The first-order valence-corrected chi connectivity index (χ1v) is 10.6. The third kappa shape index (κ3) is 5.55. The van der Waals surface area contributed by atoms with E-state index in [0.29, 0.717) is 28.9 Å². The van der Waals surface area contributed by atoms with E-state index in [-0.39, 0.29) is 11.5 Å². The Morgan fingerprint density at radius 2 is 1.66 bits per heavy atom. The topological polar surface area (TPSA) is 147 Å². The van der Waals surface area contributed by atoms with Crippen molar-refractivity contribution >= 4 is 39.1 Å². The number of anilines is 2. The van der Waals surface area contributed by atoms with E-state index in [9.17, 15) is 22.8 Å². The Morgan fingerprint density at radius 1 is 0.931 bits per heavy atom. The molecule has 2 aromatic carbocycles. The molecular formula is C19H20N4O5S. The summed E-state index contributed by atoms with van der Waals surface area (Å²) in [6.07, 6.45) is 0.382. The van der Waals surface area contributed by atoms with E-state index in [0.717, 1.165) is 0 Å². The predicted molar refractivity (Wildman–Crippen MR) is 109 cm³/mol. The van der Waals surface area contributed by atoms with Crippen LogP contribution in [0, 0.1) is 0 Å². The summed E-state index contributed by atoms with van der Waals surface area (Å²) >= 11 is 0. The number of hydrogen-bond donors (Lipinski definition) is 4. The summed E-state index contributed by atoms with van der Waals surface area (Å²) in [7, 11) is -3.09. The van der Waals surface area contributed by atoms with Crippen LogP contribution in [0.1, 0.15) is 27.1 Å². The van der Waals surface area contributed by atoms with Crippen LogP contribution in [-0.4, -0.2) is 43.8 Å². The molecule has 9 nitrogen and oxygen atoms in total. The largest absolute Gasteiger partial charge is 0.366 e. The van der Waals surface area contributed by atoms with E-state index in [4.69, 9.17) is 5.73 Å². The lowest BCUT2D eigenvalue weighted by Crippen LogP contribution is -2.38. The molecule has 29 heavy (non-hydrogen) atoms. The number of hydrogen-bond acceptors (Lipinski definition) is 5. The molecule has 1 heterocycles. The molecular weight excluding hydrogens is 396 g/mol. The number of nitrogens with two attached hydrogens (primary N) is 1. The number of primary amides is 1. The summed E-state index contributed by atoms with van der Waals surface area (Å²) < 4.78 is 22.9. The average Bonchev–Trinajstić information content (AvgIpc) is 3.00. The van der Waals surface area contributed by atoms with Crippen molar-refractivity contribution in [3.63, 3.8) is 0 Å². The van der Waals surface area contributed by atoms with Crippen LogP contribution in [-0.2, 0) is 9.84 Å². The van der Waals surface area contributed by atoms with Gasteiger partial charge in [0, 0.05) is 28.5 Å². The second kappa shape index (κ2) is 8.31. The van der Waals surface area contributed by atoms with Gasteiger partial charge in [0.1, 0.15) is 0 Å². The highest BCUT2D eigenvalue weighted by Crippen LogP contribution is 2.15. The zero-order valence-electron chi connectivity index (χ0n) is 15.3. The number of carbonyl (C=O) groups is 3. The second-order valence-corrected chi connectivity index (χ2v) is 8.90. The van der Waals surface area contributed by atoms with Gasteiger partial charge in [-0.15, -0.1) is 0 Å². The average molecular weight is 416 g/mol. The molecule has 1 aliphatic heterocycles. The van der Waals surface area contributed by atoms with Crippen LogP contribution in [0.4, 0.5) is 16.2 Å². The van der Waals surface area contributed by atoms with E-state index < -0.39 is 33.7 Å². The second-order valence-electron chi connectivity index (χ2n) is 6.67. The van der Waals surface area contributed by atoms with Gasteiger partial charge in [-0.1, -0.05) is 6.07 Å². The van der Waals surface area contributed by atoms with E-state index >= 15 is 0 Å². The van der Waals surface area contributed by atoms with Crippen molar-refractivity contribution in [1.29, 1.82) is 0 Å². The monoisotopic (exact) mass is 416 g/mol. The van der Waals surface area contributed by atoms with Crippen molar-refractivity contribution in [2.75, 3.05) is 22.1 Å². The minimum atomic E-state index is -3.09. The van der Waals surface area contributed by atoms with Gasteiger partial charge in [-0.2, -0.15) is 0 Å². The third-order valence-electron chi connectivity index (χ3n) is 4.38. The number of sulfone groups is 1. The summed E-state index contributed by atoms with van der Waals surface area (Å²) in [5.74, 6) is -0.969. The fourth-order valence-corrected chi connectivity index (χ4v) is 4.59. The summed E-state index contributed by atoms with van der Waals surface area (Å²) in [4.78, 5) is 35.6. The molecule has 0 aromatic heterocycles. The molecule has 3 rings (SSSR count). The van der Waals surface area contributed by atoms with E-state index in [1.807, 2.05) is 0 Å². The van der Waals surface area contributed by atoms with Crippen molar-refractivity contribution in [3.05, 3.63) is 59.7 Å². The Morgan fingerprint density at radius 3 is 2.28 bits per heavy atom. The third-order valence-corrected chi connectivity index (χ3v) is 6.15. The van der Waals surface area contributed by atoms with Crippen molar-refractivity contribution in [2.45, 2.75) is 12.5 Å². The number of carbonyl (C=O) groups excluding carboxylic acids is 3. The maximum atomic E-state index is 12.4. The molecule has 0 saturated carbocycles. The van der Waals surface area contributed by atoms with E-state index in [2.05, 4.69) is 16.0 Å². The molecule has 1 unspecified atom stereocenters. The summed E-state index contributed by atoms with van der Waals surface area (Å²) in [5, 5.41) is 7.90. The van der Waals surface area contributed by atoms with Crippen LogP contribution in [0.25, 0.3) is 0 Å². The van der Waals surface area contributed by atoms with Gasteiger partial charge in [0.15, 0.2) is 9.84 Å². The van der Waals surface area contributed by atoms with E-state index in [1.54, 1.807) is 30.3 Å². The minimum Gasteiger partial charge on any atom is -0.366 e. The number of urea groups is 1. The van der Waals surface area contributed by atoms with Gasteiger partial charge in [-0.25, -0.2) is 13.2 Å². The maximum absolute atomic E-state index is 12.4. The van der Waals surface area contributed by atoms with Gasteiger partial charge < -0.3 is 21.7 Å². The van der Waals surface area contributed by atoms with Crippen LogP contribution >= 0.6 is 0 Å². The van der Waals surface area contributed by atoms with E-state index in [1.165, 1.54) is 18.2 Å². The Bertz CT molecular complexity index is 1050. The normalized spacial score (nSPS) is 17.3. The molecule has 152 valence electrons. The number of amides is 4. The first kappa shape index (κ1) is 20.3. The lowest BCUT2D eigenvalue weighted by Gasteiger charge is -2.13. The summed E-state index contributed by atoms with van der Waals surface area (Å²) in [6.45, 7) is 0. The van der Waals surface area contributed by atoms with Gasteiger partial charge in [0.2, 0.25) is 5.91 Å². The van der Waals surface area contributed by atoms with Gasteiger partial charge in [-0.3, -0.25) is 9.59 Å². The quantitative estimate of drug-likeness (QED) is 0.581. The van der Waals surface area contributed by atoms with Crippen molar-refractivity contribution in [1.82, 2.24) is 5.32 Å². The minimum absolute atomic E-state index is 0.0635. The molecule has 1 fully saturated rings. The summed E-state index contributed by atoms with van der Waals surface area (Å²) in [5.41, 5.74) is 6.69. The lowest BCUT2D eigenvalue weighted by atomic mass is 10.1. The van der Waals surface area contributed by atoms with Crippen molar-refractivity contribution in [3.8, 4) is 0 Å². The number of nitrogens with one attached hydrogen (secondary N) is 3. The molecule has 1 aliphatic rings. The smallest absolute Gasteiger partial charge is 0.319 e. The Labute approximate surface area is 167 Å². The van der Waals surface area contributed by atoms with Gasteiger partial charge in [0.05, 0.1) is 11.5 Å². The Kier molecular flexibility index (Phi) is 5.83. The van der Waals surface area contributed by atoms with Crippen LogP contribution in [0.3, 0.4) is 0 Å². The standard InChI is InChI=1S/C19H20N4O5S/c20-17(24)12-4-6-14(7-5-12)21-18(25)13-2-1-3-15(10-13)22-19(26)23-16-8-9-29(27,28)11-16/h1-7,10,16H,8-9,11H2,(H2,20,24)(H,21,25)(H2,22,23,26). The lowest BCUT2D eigenvalue weighted by molar-refractivity contribution is 0.0998. The fourth-order valence-electron chi connectivity index (χ4n) is 2.92. The molecule has 0 aliphatic carbocycles. The number of rotatable bonds is 5.